The number of hydrogen-bond acceptors (Lipinski definition) is 2. The van der Waals surface area contributed by atoms with Crippen molar-refractivity contribution in [1.82, 2.24) is 0 Å². The third-order valence-corrected chi connectivity index (χ3v) is 4.59. The second-order valence-corrected chi connectivity index (χ2v) is 7.22. The summed E-state index contributed by atoms with van der Waals surface area (Å²) < 4.78 is 0.917. The third kappa shape index (κ3) is 6.34. The first kappa shape index (κ1) is 22.6. The predicted octanol–water partition coefficient (Wildman–Crippen LogP) is 7.46. The molecule has 140 valence electrons. The van der Waals surface area contributed by atoms with Gasteiger partial charge in [-0.25, -0.2) is 0 Å². The SMILES string of the molecule is C=C(/C=C(\C(C)=N)c1ccccc1Br)C(C#N)c1ccccc1C.CCC. The van der Waals surface area contributed by atoms with E-state index in [0.717, 1.165) is 26.7 Å². The second-order valence-electron chi connectivity index (χ2n) is 6.36. The van der Waals surface area contributed by atoms with E-state index < -0.39 is 5.92 Å². The van der Waals surface area contributed by atoms with E-state index in [1.165, 1.54) is 6.42 Å². The second kappa shape index (κ2) is 11.3. The van der Waals surface area contributed by atoms with Gasteiger partial charge in [-0.2, -0.15) is 5.26 Å². The molecule has 0 aromatic heterocycles. The summed E-state index contributed by atoms with van der Waals surface area (Å²) in [5.74, 6) is -0.428. The van der Waals surface area contributed by atoms with Crippen LogP contribution in [-0.4, -0.2) is 5.71 Å². The van der Waals surface area contributed by atoms with Crippen LogP contribution in [0, 0.1) is 23.7 Å². The Morgan fingerprint density at radius 1 is 1.19 bits per heavy atom. The zero-order chi connectivity index (χ0) is 20.4. The lowest BCUT2D eigenvalue weighted by Gasteiger charge is -2.15. The standard InChI is InChI=1S/C21H19BrN2.C3H8/c1-14-8-4-5-9-17(14)20(13-23)15(2)12-19(16(3)24)18-10-6-7-11-21(18)22;1-3-2/h4-12,20,24H,2H2,1,3H3;3H2,1-2H3/b19-12+,24-16?;. The maximum absolute atomic E-state index is 9.65. The molecule has 0 aliphatic heterocycles. The lowest BCUT2D eigenvalue weighted by molar-refractivity contribution is 1.03. The average molecular weight is 423 g/mol. The quantitative estimate of drug-likeness (QED) is 0.394. The third-order valence-electron chi connectivity index (χ3n) is 3.90. The Labute approximate surface area is 171 Å². The van der Waals surface area contributed by atoms with Crippen LogP contribution in [0.3, 0.4) is 0 Å². The van der Waals surface area contributed by atoms with Gasteiger partial charge in [0.2, 0.25) is 0 Å². The molecular formula is C24H27BrN2. The molecule has 0 heterocycles. The van der Waals surface area contributed by atoms with Gasteiger partial charge in [0.25, 0.3) is 0 Å². The monoisotopic (exact) mass is 422 g/mol. The van der Waals surface area contributed by atoms with E-state index in [-0.39, 0.29) is 0 Å². The number of hydrogen-bond donors (Lipinski definition) is 1. The van der Waals surface area contributed by atoms with Crippen LogP contribution in [0.15, 0.2) is 71.2 Å². The van der Waals surface area contributed by atoms with Crippen molar-refractivity contribution in [3.63, 3.8) is 0 Å². The highest BCUT2D eigenvalue weighted by Crippen LogP contribution is 2.31. The van der Waals surface area contributed by atoms with Gasteiger partial charge in [-0.1, -0.05) is 85.2 Å². The van der Waals surface area contributed by atoms with Crippen molar-refractivity contribution >= 4 is 27.2 Å². The molecule has 0 aliphatic rings. The normalized spacial score (nSPS) is 11.6. The molecule has 0 saturated heterocycles. The minimum atomic E-state index is -0.428. The summed E-state index contributed by atoms with van der Waals surface area (Å²) >= 11 is 3.53. The van der Waals surface area contributed by atoms with Crippen molar-refractivity contribution in [1.29, 1.82) is 10.7 Å². The fourth-order valence-corrected chi connectivity index (χ4v) is 3.10. The molecule has 1 N–H and O–H groups in total. The van der Waals surface area contributed by atoms with E-state index in [0.29, 0.717) is 11.3 Å². The summed E-state index contributed by atoms with van der Waals surface area (Å²) in [4.78, 5) is 0. The number of nitrogens with zero attached hydrogens (tertiary/aromatic N) is 1. The number of halogens is 1. The first-order valence-corrected chi connectivity index (χ1v) is 9.82. The summed E-state index contributed by atoms with van der Waals surface area (Å²) in [7, 11) is 0. The summed E-state index contributed by atoms with van der Waals surface area (Å²) in [6, 6.07) is 17.9. The van der Waals surface area contributed by atoms with Crippen LogP contribution < -0.4 is 0 Å². The molecule has 0 saturated carbocycles. The van der Waals surface area contributed by atoms with Crippen LogP contribution in [0.25, 0.3) is 5.57 Å². The van der Waals surface area contributed by atoms with Crippen molar-refractivity contribution in [2.45, 2.75) is 40.0 Å². The van der Waals surface area contributed by atoms with Crippen molar-refractivity contribution in [3.8, 4) is 6.07 Å². The number of benzene rings is 2. The topological polar surface area (TPSA) is 47.6 Å². The van der Waals surface area contributed by atoms with Gasteiger partial charge in [0.05, 0.1) is 12.0 Å². The van der Waals surface area contributed by atoms with Gasteiger partial charge in [0.15, 0.2) is 0 Å². The van der Waals surface area contributed by atoms with Crippen LogP contribution in [0.1, 0.15) is 49.8 Å². The maximum Gasteiger partial charge on any atom is 0.0959 e. The zero-order valence-electron chi connectivity index (χ0n) is 16.5. The largest absolute Gasteiger partial charge is 0.305 e. The van der Waals surface area contributed by atoms with E-state index in [1.54, 1.807) is 6.92 Å². The molecule has 0 fully saturated rings. The number of nitrogens with one attached hydrogen (secondary N) is 1. The summed E-state index contributed by atoms with van der Waals surface area (Å²) in [5, 5.41) is 17.8. The number of rotatable bonds is 5. The van der Waals surface area contributed by atoms with E-state index in [1.807, 2.05) is 61.5 Å². The Morgan fingerprint density at radius 2 is 1.74 bits per heavy atom. The van der Waals surface area contributed by atoms with Crippen molar-refractivity contribution in [3.05, 3.63) is 87.9 Å². The van der Waals surface area contributed by atoms with Gasteiger partial charge < -0.3 is 5.41 Å². The molecule has 27 heavy (non-hydrogen) atoms. The van der Waals surface area contributed by atoms with Crippen LogP contribution >= 0.6 is 15.9 Å². The summed E-state index contributed by atoms with van der Waals surface area (Å²) in [6.45, 7) is 12.1. The molecule has 3 heteroatoms. The smallest absolute Gasteiger partial charge is 0.0959 e. The molecule has 2 nitrogen and oxygen atoms in total. The molecule has 0 amide bonds. The lowest BCUT2D eigenvalue weighted by atomic mass is 9.88. The maximum atomic E-state index is 9.65. The highest BCUT2D eigenvalue weighted by atomic mass is 79.9. The average Bonchev–Trinajstić information content (AvgIpc) is 2.63. The number of nitriles is 1. The van der Waals surface area contributed by atoms with Crippen molar-refractivity contribution in [2.24, 2.45) is 0 Å². The number of aryl methyl sites for hydroxylation is 1. The lowest BCUT2D eigenvalue weighted by Crippen LogP contribution is -2.03. The van der Waals surface area contributed by atoms with Gasteiger partial charge in [-0.15, -0.1) is 0 Å². The molecule has 2 rings (SSSR count). The molecule has 0 aliphatic carbocycles. The fourth-order valence-electron chi connectivity index (χ4n) is 2.60. The van der Waals surface area contributed by atoms with E-state index in [9.17, 15) is 5.26 Å². The summed E-state index contributed by atoms with van der Waals surface area (Å²) in [6.07, 6.45) is 3.10. The molecule has 1 unspecified atom stereocenters. The Balaban J connectivity index is 0.00000114. The van der Waals surface area contributed by atoms with Gasteiger partial charge in [0, 0.05) is 15.8 Å². The fraction of sp³-hybridized carbons (Fsp3) is 0.250. The zero-order valence-corrected chi connectivity index (χ0v) is 18.1. The van der Waals surface area contributed by atoms with E-state index in [2.05, 4.69) is 42.4 Å². The van der Waals surface area contributed by atoms with E-state index >= 15 is 0 Å². The molecule has 0 bridgehead atoms. The van der Waals surface area contributed by atoms with Crippen LogP contribution in [0.2, 0.25) is 0 Å². The highest BCUT2D eigenvalue weighted by molar-refractivity contribution is 9.10. The van der Waals surface area contributed by atoms with Crippen LogP contribution in [0.5, 0.6) is 0 Å². The Kier molecular flexibility index (Phi) is 9.47. The Morgan fingerprint density at radius 3 is 2.26 bits per heavy atom. The Bertz CT molecular complexity index is 872. The predicted molar refractivity (Wildman–Crippen MR) is 120 cm³/mol. The van der Waals surface area contributed by atoms with Gasteiger partial charge in [-0.05, 0) is 48.3 Å². The molecule has 0 radical (unpaired) electrons. The molecule has 2 aromatic rings. The van der Waals surface area contributed by atoms with Gasteiger partial charge in [0.1, 0.15) is 0 Å². The number of allylic oxidation sites excluding steroid dienone is 3. The highest BCUT2D eigenvalue weighted by Gasteiger charge is 2.17. The van der Waals surface area contributed by atoms with Gasteiger partial charge >= 0.3 is 0 Å². The molecule has 2 aromatic carbocycles. The molecule has 1 atom stereocenters. The van der Waals surface area contributed by atoms with E-state index in [4.69, 9.17) is 5.41 Å². The minimum absolute atomic E-state index is 0.428. The van der Waals surface area contributed by atoms with Crippen LogP contribution in [-0.2, 0) is 0 Å². The Hall–Kier alpha value is -2.44. The molecular weight excluding hydrogens is 396 g/mol. The van der Waals surface area contributed by atoms with Crippen molar-refractivity contribution in [2.75, 3.05) is 0 Å². The summed E-state index contributed by atoms with van der Waals surface area (Å²) in [5.41, 5.74) is 4.82. The van der Waals surface area contributed by atoms with Crippen molar-refractivity contribution < 1.29 is 0 Å². The minimum Gasteiger partial charge on any atom is -0.305 e. The first-order chi connectivity index (χ1) is 12.9. The van der Waals surface area contributed by atoms with Gasteiger partial charge in [-0.3, -0.25) is 0 Å². The van der Waals surface area contributed by atoms with Crippen LogP contribution in [0.4, 0.5) is 0 Å². The first-order valence-electron chi connectivity index (χ1n) is 9.03. The molecule has 0 spiro atoms.